The Morgan fingerprint density at radius 2 is 1.66 bits per heavy atom. The van der Waals surface area contributed by atoms with Crippen LogP contribution in [0.25, 0.3) is 22.3 Å². The minimum Gasteiger partial charge on any atom is -0.508 e. The summed E-state index contributed by atoms with van der Waals surface area (Å²) in [5.41, 5.74) is -0.500. The highest BCUT2D eigenvalue weighted by Gasteiger charge is 2.44. The van der Waals surface area contributed by atoms with Gasteiger partial charge in [-0.1, -0.05) is 0 Å². The number of aliphatic hydroxyl groups excluding tert-OH is 3. The molecule has 0 bridgehead atoms. The lowest BCUT2D eigenvalue weighted by Crippen LogP contribution is -2.58. The first-order valence-electron chi connectivity index (χ1n) is 9.74. The zero-order valence-electron chi connectivity index (χ0n) is 17.1. The maximum absolute atomic E-state index is 13.3. The van der Waals surface area contributed by atoms with Crippen molar-refractivity contribution in [3.63, 3.8) is 0 Å². The largest absolute Gasteiger partial charge is 0.508 e. The van der Waals surface area contributed by atoms with E-state index in [4.69, 9.17) is 18.6 Å². The molecule has 0 saturated carbocycles. The van der Waals surface area contributed by atoms with E-state index in [0.717, 1.165) is 6.07 Å². The fraction of sp³-hybridized carbons (Fsp3) is 0.318. The van der Waals surface area contributed by atoms with Gasteiger partial charge in [0, 0.05) is 17.7 Å². The van der Waals surface area contributed by atoms with Crippen molar-refractivity contribution in [1.82, 2.24) is 0 Å². The standard InChI is InChI=1S/C22H22O10/c1-9-16(25)18(27)19(28)22(30-9)32-21-17(26)15-13(24)7-11(23)8-14(15)31-20(21)10-3-5-12(29-2)6-4-10/h3-9,16,18-19,22-25,27-28H,1-2H3/t9-,16-,18+,19-,22-/m0/s1. The average Bonchev–Trinajstić information content (AvgIpc) is 2.77. The molecule has 2 heterocycles. The van der Waals surface area contributed by atoms with Crippen molar-refractivity contribution in [1.29, 1.82) is 0 Å². The van der Waals surface area contributed by atoms with E-state index in [0.29, 0.717) is 11.3 Å². The van der Waals surface area contributed by atoms with Gasteiger partial charge in [-0.25, -0.2) is 0 Å². The molecule has 5 N–H and O–H groups in total. The van der Waals surface area contributed by atoms with Crippen molar-refractivity contribution in [3.05, 3.63) is 46.6 Å². The molecule has 5 atom stereocenters. The first kappa shape index (κ1) is 21.9. The Morgan fingerprint density at radius 1 is 0.969 bits per heavy atom. The third kappa shape index (κ3) is 3.73. The van der Waals surface area contributed by atoms with Gasteiger partial charge in [0.05, 0.1) is 13.2 Å². The van der Waals surface area contributed by atoms with Crippen LogP contribution in [-0.4, -0.2) is 63.3 Å². The molecule has 4 rings (SSSR count). The number of ether oxygens (including phenoxy) is 3. The van der Waals surface area contributed by atoms with Crippen molar-refractivity contribution in [2.24, 2.45) is 0 Å². The fourth-order valence-corrected chi connectivity index (χ4v) is 3.53. The molecular formula is C22H22O10. The van der Waals surface area contributed by atoms with Crippen LogP contribution >= 0.6 is 0 Å². The van der Waals surface area contributed by atoms with Crippen LogP contribution in [0.3, 0.4) is 0 Å². The van der Waals surface area contributed by atoms with Gasteiger partial charge < -0.3 is 44.2 Å². The first-order valence-corrected chi connectivity index (χ1v) is 9.74. The number of phenols is 2. The molecule has 0 spiro atoms. The minimum absolute atomic E-state index is 0.0702. The van der Waals surface area contributed by atoms with Gasteiger partial charge >= 0.3 is 0 Å². The summed E-state index contributed by atoms with van der Waals surface area (Å²) in [5.74, 6) is -0.771. The highest BCUT2D eigenvalue weighted by atomic mass is 16.7. The number of hydrogen-bond donors (Lipinski definition) is 5. The second-order valence-electron chi connectivity index (χ2n) is 7.46. The summed E-state index contributed by atoms with van der Waals surface area (Å²) in [6.45, 7) is 1.47. The molecule has 0 radical (unpaired) electrons. The van der Waals surface area contributed by atoms with E-state index in [1.165, 1.54) is 20.1 Å². The van der Waals surface area contributed by atoms with Crippen LogP contribution in [-0.2, 0) is 4.74 Å². The van der Waals surface area contributed by atoms with Gasteiger partial charge in [-0.3, -0.25) is 4.79 Å². The Morgan fingerprint density at radius 3 is 2.31 bits per heavy atom. The number of aliphatic hydroxyl groups is 3. The van der Waals surface area contributed by atoms with E-state index in [9.17, 15) is 30.3 Å². The monoisotopic (exact) mass is 446 g/mol. The maximum Gasteiger partial charge on any atom is 0.239 e. The average molecular weight is 446 g/mol. The van der Waals surface area contributed by atoms with E-state index >= 15 is 0 Å². The molecule has 3 aromatic rings. The number of aromatic hydroxyl groups is 2. The van der Waals surface area contributed by atoms with Gasteiger partial charge in [0.2, 0.25) is 17.5 Å². The SMILES string of the molecule is COc1ccc(-c2oc3cc(O)cc(O)c3c(=O)c2O[C@@H]2O[C@@H](C)[C@H](O)[C@@H](O)[C@@H]2O)cc1. The van der Waals surface area contributed by atoms with Gasteiger partial charge in [0.1, 0.15) is 46.5 Å². The molecule has 0 unspecified atom stereocenters. The van der Waals surface area contributed by atoms with E-state index in [1.807, 2.05) is 0 Å². The Labute approximate surface area is 181 Å². The lowest BCUT2D eigenvalue weighted by atomic mass is 10.00. The molecule has 0 aliphatic carbocycles. The molecule has 1 aliphatic rings. The first-order chi connectivity index (χ1) is 15.2. The van der Waals surface area contributed by atoms with Crippen molar-refractivity contribution in [2.45, 2.75) is 37.6 Å². The quantitative estimate of drug-likeness (QED) is 0.393. The van der Waals surface area contributed by atoms with E-state index in [-0.39, 0.29) is 22.5 Å². The van der Waals surface area contributed by atoms with Crippen LogP contribution < -0.4 is 14.9 Å². The van der Waals surface area contributed by atoms with Gasteiger partial charge in [0.25, 0.3) is 0 Å². The third-order valence-electron chi connectivity index (χ3n) is 5.31. The second kappa shape index (κ2) is 8.32. The molecular weight excluding hydrogens is 424 g/mol. The lowest BCUT2D eigenvalue weighted by molar-refractivity contribution is -0.268. The molecule has 2 aromatic carbocycles. The molecule has 0 amide bonds. The lowest BCUT2D eigenvalue weighted by Gasteiger charge is -2.38. The van der Waals surface area contributed by atoms with E-state index < -0.39 is 47.6 Å². The molecule has 32 heavy (non-hydrogen) atoms. The van der Waals surface area contributed by atoms with Crippen molar-refractivity contribution in [3.8, 4) is 34.3 Å². The molecule has 1 aliphatic heterocycles. The zero-order chi connectivity index (χ0) is 23.2. The number of hydrogen-bond acceptors (Lipinski definition) is 10. The van der Waals surface area contributed by atoms with Crippen molar-refractivity contribution in [2.75, 3.05) is 7.11 Å². The van der Waals surface area contributed by atoms with Crippen LogP contribution in [0.1, 0.15) is 6.92 Å². The molecule has 170 valence electrons. The molecule has 1 aromatic heterocycles. The summed E-state index contributed by atoms with van der Waals surface area (Å²) in [4.78, 5) is 13.3. The summed E-state index contributed by atoms with van der Waals surface area (Å²) in [7, 11) is 1.49. The summed E-state index contributed by atoms with van der Waals surface area (Å²) in [6, 6.07) is 8.58. The van der Waals surface area contributed by atoms with Crippen molar-refractivity contribution < 1.29 is 44.2 Å². The van der Waals surface area contributed by atoms with Crippen LogP contribution in [0.4, 0.5) is 0 Å². The van der Waals surface area contributed by atoms with Gasteiger partial charge in [0.15, 0.2) is 5.76 Å². The van der Waals surface area contributed by atoms with Crippen LogP contribution in [0.2, 0.25) is 0 Å². The summed E-state index contributed by atoms with van der Waals surface area (Å²) in [5, 5.41) is 50.1. The molecule has 10 heteroatoms. The Balaban J connectivity index is 1.89. The predicted octanol–water partition coefficient (Wildman–Crippen LogP) is 1.09. The van der Waals surface area contributed by atoms with Gasteiger partial charge in [-0.15, -0.1) is 0 Å². The molecule has 1 saturated heterocycles. The van der Waals surface area contributed by atoms with Crippen LogP contribution in [0.5, 0.6) is 23.0 Å². The van der Waals surface area contributed by atoms with E-state index in [1.54, 1.807) is 24.3 Å². The normalized spacial score (nSPS) is 25.6. The molecule has 10 nitrogen and oxygen atoms in total. The number of methoxy groups -OCH3 is 1. The Bertz CT molecular complexity index is 1190. The predicted molar refractivity (Wildman–Crippen MR) is 111 cm³/mol. The fourth-order valence-electron chi connectivity index (χ4n) is 3.53. The summed E-state index contributed by atoms with van der Waals surface area (Å²) < 4.78 is 22.1. The number of fused-ring (bicyclic) bond motifs is 1. The third-order valence-corrected chi connectivity index (χ3v) is 5.31. The smallest absolute Gasteiger partial charge is 0.239 e. The summed E-state index contributed by atoms with van der Waals surface area (Å²) in [6.07, 6.45) is -7.02. The summed E-state index contributed by atoms with van der Waals surface area (Å²) >= 11 is 0. The van der Waals surface area contributed by atoms with Crippen LogP contribution in [0, 0.1) is 0 Å². The minimum atomic E-state index is -1.67. The van der Waals surface area contributed by atoms with Crippen LogP contribution in [0.15, 0.2) is 45.6 Å². The highest BCUT2D eigenvalue weighted by molar-refractivity contribution is 5.88. The topological polar surface area (TPSA) is 159 Å². The van der Waals surface area contributed by atoms with Gasteiger partial charge in [-0.05, 0) is 31.2 Å². The Kier molecular flexibility index (Phi) is 5.70. The zero-order valence-corrected chi connectivity index (χ0v) is 17.1. The van der Waals surface area contributed by atoms with E-state index in [2.05, 4.69) is 0 Å². The van der Waals surface area contributed by atoms with Gasteiger partial charge in [-0.2, -0.15) is 0 Å². The molecule has 1 fully saturated rings. The Hall–Kier alpha value is -3.31. The number of rotatable bonds is 4. The van der Waals surface area contributed by atoms with Crippen molar-refractivity contribution >= 4 is 11.0 Å². The number of benzene rings is 2. The maximum atomic E-state index is 13.3. The second-order valence-corrected chi connectivity index (χ2v) is 7.46. The number of phenolic OH excluding ortho intramolecular Hbond substituents is 2. The highest BCUT2D eigenvalue weighted by Crippen LogP contribution is 2.37.